The Balaban J connectivity index is 1.94. The Morgan fingerprint density at radius 1 is 1.41 bits per heavy atom. The highest BCUT2D eigenvalue weighted by Gasteiger charge is 2.18. The molecule has 0 aromatic carbocycles. The molecular formula is C15H19N5OS. The molecule has 116 valence electrons. The Morgan fingerprint density at radius 2 is 2.18 bits per heavy atom. The lowest BCUT2D eigenvalue weighted by atomic mass is 10.2. The van der Waals surface area contributed by atoms with Crippen LogP contribution in [0.2, 0.25) is 0 Å². The van der Waals surface area contributed by atoms with Gasteiger partial charge in [-0.25, -0.2) is 4.98 Å². The van der Waals surface area contributed by atoms with Crippen LogP contribution in [0.5, 0.6) is 0 Å². The van der Waals surface area contributed by atoms with E-state index in [1.165, 1.54) is 0 Å². The van der Waals surface area contributed by atoms with Gasteiger partial charge in [0.25, 0.3) is 5.56 Å². The normalized spacial score (nSPS) is 13.1. The molecule has 2 N–H and O–H groups in total. The number of aryl methyl sites for hydroxylation is 2. The summed E-state index contributed by atoms with van der Waals surface area (Å²) in [6.45, 7) is 6.74. The van der Waals surface area contributed by atoms with Crippen LogP contribution in [0.25, 0.3) is 10.2 Å². The second-order valence-electron chi connectivity index (χ2n) is 5.59. The van der Waals surface area contributed by atoms with Crippen LogP contribution in [-0.4, -0.2) is 32.1 Å². The van der Waals surface area contributed by atoms with E-state index in [2.05, 4.69) is 25.1 Å². The van der Waals surface area contributed by atoms with Crippen LogP contribution >= 0.6 is 11.3 Å². The molecule has 22 heavy (non-hydrogen) atoms. The molecule has 3 aromatic heterocycles. The maximum atomic E-state index is 12.4. The molecule has 0 spiro atoms. The van der Waals surface area contributed by atoms with Crippen molar-refractivity contribution in [1.82, 2.24) is 25.1 Å². The monoisotopic (exact) mass is 317 g/mol. The highest BCUT2D eigenvalue weighted by Crippen LogP contribution is 2.27. The third kappa shape index (κ3) is 2.57. The zero-order valence-electron chi connectivity index (χ0n) is 13.1. The average molecular weight is 317 g/mol. The lowest BCUT2D eigenvalue weighted by Gasteiger charge is -2.23. The number of fused-ring (bicyclic) bond motifs is 1. The highest BCUT2D eigenvalue weighted by atomic mass is 32.1. The maximum Gasteiger partial charge on any atom is 0.259 e. The lowest BCUT2D eigenvalue weighted by Crippen LogP contribution is -2.26. The zero-order valence-corrected chi connectivity index (χ0v) is 13.9. The Labute approximate surface area is 132 Å². The quantitative estimate of drug-likeness (QED) is 0.775. The first-order chi connectivity index (χ1) is 10.5. The summed E-state index contributed by atoms with van der Waals surface area (Å²) in [7, 11) is 2.00. The fraction of sp³-hybridized carbons (Fsp3) is 0.400. The second-order valence-corrected chi connectivity index (χ2v) is 6.79. The third-order valence-corrected chi connectivity index (χ3v) is 5.19. The van der Waals surface area contributed by atoms with Gasteiger partial charge in [0.15, 0.2) is 0 Å². The van der Waals surface area contributed by atoms with Crippen LogP contribution in [0, 0.1) is 13.8 Å². The van der Waals surface area contributed by atoms with Crippen LogP contribution in [0.1, 0.15) is 34.9 Å². The largest absolute Gasteiger partial charge is 0.309 e. The Hall–Kier alpha value is -1.99. The van der Waals surface area contributed by atoms with Crippen molar-refractivity contribution in [2.75, 3.05) is 7.05 Å². The third-order valence-electron chi connectivity index (χ3n) is 4.09. The first kappa shape index (κ1) is 14.9. The molecule has 3 heterocycles. The fourth-order valence-electron chi connectivity index (χ4n) is 2.46. The number of rotatable bonds is 4. The van der Waals surface area contributed by atoms with Crippen LogP contribution in [0.15, 0.2) is 17.1 Å². The molecule has 1 unspecified atom stereocenters. The topological polar surface area (TPSA) is 77.7 Å². The second kappa shape index (κ2) is 5.66. The molecule has 6 nitrogen and oxygen atoms in total. The maximum absolute atomic E-state index is 12.4. The molecule has 0 radical (unpaired) electrons. The molecule has 0 saturated carbocycles. The zero-order chi connectivity index (χ0) is 15.9. The number of nitrogens with zero attached hydrogens (tertiary/aromatic N) is 3. The van der Waals surface area contributed by atoms with Gasteiger partial charge in [-0.05, 0) is 39.4 Å². The Kier molecular flexibility index (Phi) is 3.84. The number of nitrogens with one attached hydrogen (secondary N) is 2. The molecule has 0 aliphatic heterocycles. The number of hydrogen-bond acceptors (Lipinski definition) is 5. The number of thiophene rings is 1. The van der Waals surface area contributed by atoms with Gasteiger partial charge in [-0.15, -0.1) is 11.3 Å². The number of H-pyrrole nitrogens is 2. The molecule has 0 bridgehead atoms. The standard InChI is InChI=1S/C15H19N5OS/c1-8-10(3)22-15-12(8)14(21)17-13(18-15)9(2)20(4)7-11-5-6-16-19-11/h5-6,9H,7H2,1-4H3,(H,16,19)(H,17,18,21). The molecule has 0 saturated heterocycles. The van der Waals surface area contributed by atoms with Crippen molar-refractivity contribution >= 4 is 21.6 Å². The summed E-state index contributed by atoms with van der Waals surface area (Å²) in [4.78, 5) is 24.0. The summed E-state index contributed by atoms with van der Waals surface area (Å²) in [6.07, 6.45) is 1.73. The fourth-order valence-corrected chi connectivity index (χ4v) is 3.49. The van der Waals surface area contributed by atoms with Crippen molar-refractivity contribution in [3.05, 3.63) is 44.6 Å². The van der Waals surface area contributed by atoms with Crippen LogP contribution in [0.4, 0.5) is 0 Å². The number of aromatic amines is 2. The predicted molar refractivity (Wildman–Crippen MR) is 88.2 cm³/mol. The molecule has 0 fully saturated rings. The van der Waals surface area contributed by atoms with Crippen molar-refractivity contribution in [2.24, 2.45) is 0 Å². The number of aromatic nitrogens is 4. The average Bonchev–Trinajstić information content (AvgIpc) is 3.07. The van der Waals surface area contributed by atoms with E-state index in [0.717, 1.165) is 26.4 Å². The van der Waals surface area contributed by atoms with E-state index in [1.54, 1.807) is 17.5 Å². The minimum Gasteiger partial charge on any atom is -0.309 e. The molecule has 0 amide bonds. The molecule has 3 rings (SSSR count). The van der Waals surface area contributed by atoms with Gasteiger partial charge < -0.3 is 4.98 Å². The first-order valence-corrected chi connectivity index (χ1v) is 7.97. The molecule has 0 aliphatic carbocycles. The van der Waals surface area contributed by atoms with Gasteiger partial charge in [0, 0.05) is 23.3 Å². The van der Waals surface area contributed by atoms with E-state index in [-0.39, 0.29) is 11.6 Å². The van der Waals surface area contributed by atoms with Gasteiger partial charge in [-0.3, -0.25) is 14.8 Å². The summed E-state index contributed by atoms with van der Waals surface area (Å²) >= 11 is 1.58. The molecular weight excluding hydrogens is 298 g/mol. The van der Waals surface area contributed by atoms with Crippen molar-refractivity contribution in [3.63, 3.8) is 0 Å². The van der Waals surface area contributed by atoms with E-state index in [4.69, 9.17) is 0 Å². The Bertz CT molecular complexity index is 849. The Morgan fingerprint density at radius 3 is 2.86 bits per heavy atom. The summed E-state index contributed by atoms with van der Waals surface area (Å²) in [5.74, 6) is 0.695. The molecule has 0 aliphatic rings. The molecule has 7 heteroatoms. The van der Waals surface area contributed by atoms with Gasteiger partial charge >= 0.3 is 0 Å². The minimum atomic E-state index is -0.0522. The van der Waals surface area contributed by atoms with Crippen molar-refractivity contribution in [1.29, 1.82) is 0 Å². The SMILES string of the molecule is Cc1sc2nc(C(C)N(C)Cc3ccn[nH]3)[nH]c(=O)c2c1C. The van der Waals surface area contributed by atoms with E-state index < -0.39 is 0 Å². The molecule has 3 aromatic rings. The highest BCUT2D eigenvalue weighted by molar-refractivity contribution is 7.18. The van der Waals surface area contributed by atoms with Gasteiger partial charge in [-0.2, -0.15) is 5.10 Å². The van der Waals surface area contributed by atoms with Gasteiger partial charge in [0.05, 0.1) is 11.4 Å². The lowest BCUT2D eigenvalue weighted by molar-refractivity contribution is 0.241. The van der Waals surface area contributed by atoms with E-state index >= 15 is 0 Å². The van der Waals surface area contributed by atoms with E-state index in [1.807, 2.05) is 33.9 Å². The number of hydrogen-bond donors (Lipinski definition) is 2. The van der Waals surface area contributed by atoms with Gasteiger partial charge in [0.2, 0.25) is 0 Å². The summed E-state index contributed by atoms with van der Waals surface area (Å²) in [5.41, 5.74) is 2.00. The predicted octanol–water partition coefficient (Wildman–Crippen LogP) is 2.52. The van der Waals surface area contributed by atoms with Crippen LogP contribution < -0.4 is 5.56 Å². The van der Waals surface area contributed by atoms with E-state index in [9.17, 15) is 4.79 Å². The summed E-state index contributed by atoms with van der Waals surface area (Å²) < 4.78 is 0. The summed E-state index contributed by atoms with van der Waals surface area (Å²) in [6, 6.07) is 1.94. The first-order valence-electron chi connectivity index (χ1n) is 7.15. The minimum absolute atomic E-state index is 0.00288. The summed E-state index contributed by atoms with van der Waals surface area (Å²) in [5, 5.41) is 7.61. The van der Waals surface area contributed by atoms with Crippen LogP contribution in [0.3, 0.4) is 0 Å². The van der Waals surface area contributed by atoms with Crippen molar-refractivity contribution in [2.45, 2.75) is 33.4 Å². The van der Waals surface area contributed by atoms with Gasteiger partial charge in [-0.1, -0.05) is 0 Å². The van der Waals surface area contributed by atoms with Crippen LogP contribution in [-0.2, 0) is 6.54 Å². The van der Waals surface area contributed by atoms with E-state index in [0.29, 0.717) is 12.4 Å². The van der Waals surface area contributed by atoms with Crippen molar-refractivity contribution < 1.29 is 0 Å². The van der Waals surface area contributed by atoms with Gasteiger partial charge in [0.1, 0.15) is 10.7 Å². The van der Waals surface area contributed by atoms with Crippen molar-refractivity contribution in [3.8, 4) is 0 Å². The molecule has 1 atom stereocenters. The smallest absolute Gasteiger partial charge is 0.259 e.